The van der Waals surface area contributed by atoms with Gasteiger partial charge < -0.3 is 0 Å². The highest BCUT2D eigenvalue weighted by molar-refractivity contribution is 7.25. The van der Waals surface area contributed by atoms with Crippen molar-refractivity contribution in [1.29, 1.82) is 0 Å². The van der Waals surface area contributed by atoms with E-state index in [-0.39, 0.29) is 10.1 Å². The standard InChI is InChI=1S/C22H19F5S/c1-2-3-12-4-6-13(7-5-12)14-8-9-15-16-11-17(23)19(22(25,26)27)20(24)21(16)28-18(15)10-14/h6,8-12H,2-5,7H2,1H3. The van der Waals surface area contributed by atoms with E-state index in [1.807, 2.05) is 12.1 Å². The predicted octanol–water partition coefficient (Wildman–Crippen LogP) is 8.34. The van der Waals surface area contributed by atoms with Crippen LogP contribution in [-0.2, 0) is 6.18 Å². The van der Waals surface area contributed by atoms with Crippen LogP contribution in [0.25, 0.3) is 25.7 Å². The third-order valence-electron chi connectivity index (χ3n) is 5.53. The molecule has 1 aromatic heterocycles. The fourth-order valence-electron chi connectivity index (χ4n) is 4.12. The summed E-state index contributed by atoms with van der Waals surface area (Å²) in [6, 6.07) is 6.34. The second kappa shape index (κ2) is 7.14. The van der Waals surface area contributed by atoms with Crippen LogP contribution in [0.1, 0.15) is 50.2 Å². The maximum absolute atomic E-state index is 14.5. The zero-order chi connectivity index (χ0) is 20.1. The molecule has 6 heteroatoms. The fourth-order valence-corrected chi connectivity index (χ4v) is 5.29. The summed E-state index contributed by atoms with van der Waals surface area (Å²) in [7, 11) is 0. The Hall–Kier alpha value is -1.95. The number of hydrogen-bond acceptors (Lipinski definition) is 1. The average molecular weight is 410 g/mol. The van der Waals surface area contributed by atoms with Gasteiger partial charge >= 0.3 is 6.18 Å². The second-order valence-corrected chi connectivity index (χ2v) is 8.45. The molecule has 0 nitrogen and oxygen atoms in total. The molecule has 0 spiro atoms. The molecular formula is C22H19F5S. The second-order valence-electron chi connectivity index (χ2n) is 7.39. The number of rotatable bonds is 3. The van der Waals surface area contributed by atoms with Gasteiger partial charge in [0.25, 0.3) is 0 Å². The molecule has 0 radical (unpaired) electrons. The molecule has 148 valence electrons. The summed E-state index contributed by atoms with van der Waals surface area (Å²) >= 11 is 0.945. The summed E-state index contributed by atoms with van der Waals surface area (Å²) in [5.74, 6) is -2.39. The molecule has 1 heterocycles. The number of allylic oxidation sites excluding steroid dienone is 2. The van der Waals surface area contributed by atoms with Crippen LogP contribution < -0.4 is 0 Å². The summed E-state index contributed by atoms with van der Waals surface area (Å²) < 4.78 is 68.0. The first-order valence-electron chi connectivity index (χ1n) is 9.40. The van der Waals surface area contributed by atoms with Crippen molar-refractivity contribution in [2.45, 2.75) is 45.2 Å². The summed E-state index contributed by atoms with van der Waals surface area (Å²) in [6.07, 6.45) is 2.67. The van der Waals surface area contributed by atoms with Crippen LogP contribution in [0.5, 0.6) is 0 Å². The number of halogens is 5. The van der Waals surface area contributed by atoms with E-state index in [0.29, 0.717) is 16.0 Å². The first-order valence-corrected chi connectivity index (χ1v) is 10.2. The first-order chi connectivity index (χ1) is 13.3. The van der Waals surface area contributed by atoms with Gasteiger partial charge in [-0.25, -0.2) is 8.78 Å². The molecule has 0 aliphatic heterocycles. The molecule has 0 fully saturated rings. The van der Waals surface area contributed by atoms with Gasteiger partial charge in [-0.05, 0) is 48.4 Å². The Labute approximate surface area is 163 Å². The van der Waals surface area contributed by atoms with Crippen LogP contribution in [0.15, 0.2) is 30.3 Å². The highest BCUT2D eigenvalue weighted by Gasteiger charge is 2.39. The van der Waals surface area contributed by atoms with Crippen LogP contribution in [0.2, 0.25) is 0 Å². The predicted molar refractivity (Wildman–Crippen MR) is 104 cm³/mol. The van der Waals surface area contributed by atoms with Crippen molar-refractivity contribution < 1.29 is 22.0 Å². The van der Waals surface area contributed by atoms with Crippen LogP contribution in [0.4, 0.5) is 22.0 Å². The molecular weight excluding hydrogens is 391 g/mol. The highest BCUT2D eigenvalue weighted by Crippen LogP contribution is 2.43. The van der Waals surface area contributed by atoms with Gasteiger partial charge in [0.15, 0.2) is 5.82 Å². The Bertz CT molecular complexity index is 1070. The minimum atomic E-state index is -5.06. The van der Waals surface area contributed by atoms with Gasteiger partial charge in [0.2, 0.25) is 0 Å². The van der Waals surface area contributed by atoms with Crippen LogP contribution in [0.3, 0.4) is 0 Å². The van der Waals surface area contributed by atoms with Gasteiger partial charge in [0, 0.05) is 15.5 Å². The topological polar surface area (TPSA) is 0 Å². The lowest BCUT2D eigenvalue weighted by molar-refractivity contribution is -0.142. The number of fused-ring (bicyclic) bond motifs is 3. The van der Waals surface area contributed by atoms with Crippen molar-refractivity contribution in [2.24, 2.45) is 5.92 Å². The zero-order valence-corrected chi connectivity index (χ0v) is 16.1. The summed E-state index contributed by atoms with van der Waals surface area (Å²) in [6.45, 7) is 2.18. The van der Waals surface area contributed by atoms with Crippen molar-refractivity contribution in [1.82, 2.24) is 0 Å². The molecule has 1 aliphatic rings. The molecule has 1 atom stereocenters. The summed E-state index contributed by atoms with van der Waals surface area (Å²) in [5, 5.41) is 0.769. The third kappa shape index (κ3) is 3.32. The van der Waals surface area contributed by atoms with E-state index in [9.17, 15) is 22.0 Å². The van der Waals surface area contributed by atoms with Crippen molar-refractivity contribution in [3.63, 3.8) is 0 Å². The lowest BCUT2D eigenvalue weighted by Crippen LogP contribution is -2.11. The van der Waals surface area contributed by atoms with E-state index in [2.05, 4.69) is 13.0 Å². The lowest BCUT2D eigenvalue weighted by Gasteiger charge is -2.21. The Balaban J connectivity index is 1.79. The summed E-state index contributed by atoms with van der Waals surface area (Å²) in [4.78, 5) is 0. The molecule has 4 rings (SSSR count). The van der Waals surface area contributed by atoms with E-state index in [4.69, 9.17) is 0 Å². The molecule has 0 saturated heterocycles. The molecule has 0 saturated carbocycles. The molecule has 0 amide bonds. The van der Waals surface area contributed by atoms with Crippen molar-refractivity contribution in [3.8, 4) is 0 Å². The minimum absolute atomic E-state index is 0.151. The molecule has 2 aromatic carbocycles. The molecule has 3 aromatic rings. The fraction of sp³-hybridized carbons (Fsp3) is 0.364. The van der Waals surface area contributed by atoms with Crippen molar-refractivity contribution in [3.05, 3.63) is 53.1 Å². The molecule has 28 heavy (non-hydrogen) atoms. The van der Waals surface area contributed by atoms with Crippen LogP contribution in [0, 0.1) is 17.6 Å². The number of thiophene rings is 1. The van der Waals surface area contributed by atoms with Gasteiger partial charge in [-0.1, -0.05) is 38.0 Å². The molecule has 1 unspecified atom stereocenters. The largest absolute Gasteiger partial charge is 0.422 e. The van der Waals surface area contributed by atoms with E-state index in [1.165, 1.54) is 18.4 Å². The number of hydrogen-bond donors (Lipinski definition) is 0. The Morgan fingerprint density at radius 2 is 1.89 bits per heavy atom. The van der Waals surface area contributed by atoms with E-state index >= 15 is 0 Å². The normalized spacial score (nSPS) is 18.1. The number of benzene rings is 2. The van der Waals surface area contributed by atoms with Crippen molar-refractivity contribution in [2.75, 3.05) is 0 Å². The third-order valence-corrected chi connectivity index (χ3v) is 6.69. The van der Waals surface area contributed by atoms with E-state index < -0.39 is 23.4 Å². The van der Waals surface area contributed by atoms with Gasteiger partial charge in [0.05, 0.1) is 4.70 Å². The quantitative estimate of drug-likeness (QED) is 0.381. The monoisotopic (exact) mass is 410 g/mol. The van der Waals surface area contributed by atoms with Gasteiger partial charge in [0.1, 0.15) is 11.4 Å². The number of alkyl halides is 3. The van der Waals surface area contributed by atoms with E-state index in [1.54, 1.807) is 6.07 Å². The Morgan fingerprint density at radius 3 is 2.54 bits per heavy atom. The highest BCUT2D eigenvalue weighted by atomic mass is 32.1. The Kier molecular flexibility index (Phi) is 4.94. The molecule has 1 aliphatic carbocycles. The van der Waals surface area contributed by atoms with Crippen LogP contribution >= 0.6 is 11.3 Å². The molecule has 0 bridgehead atoms. The van der Waals surface area contributed by atoms with Gasteiger partial charge in [-0.15, -0.1) is 11.3 Å². The van der Waals surface area contributed by atoms with Gasteiger partial charge in [-0.2, -0.15) is 13.2 Å². The zero-order valence-electron chi connectivity index (χ0n) is 15.3. The Morgan fingerprint density at radius 1 is 1.11 bits per heavy atom. The average Bonchev–Trinajstić information content (AvgIpc) is 3.00. The summed E-state index contributed by atoms with van der Waals surface area (Å²) in [5.41, 5.74) is 0.406. The SMILES string of the molecule is CCCC1CC=C(c2ccc3c(c2)sc2c(F)c(C(F)(F)F)c(F)cc23)CC1. The molecule has 0 N–H and O–H groups in total. The lowest BCUT2D eigenvalue weighted by atomic mass is 9.84. The maximum Gasteiger partial charge on any atom is 0.422 e. The van der Waals surface area contributed by atoms with Crippen molar-refractivity contribution >= 4 is 37.1 Å². The smallest absolute Gasteiger partial charge is 0.206 e. The van der Waals surface area contributed by atoms with Crippen LogP contribution in [-0.4, -0.2) is 0 Å². The minimum Gasteiger partial charge on any atom is -0.206 e. The van der Waals surface area contributed by atoms with E-state index in [0.717, 1.165) is 42.2 Å². The first kappa shape index (κ1) is 19.4. The van der Waals surface area contributed by atoms with Gasteiger partial charge in [-0.3, -0.25) is 0 Å². The maximum atomic E-state index is 14.5.